The van der Waals surface area contributed by atoms with Gasteiger partial charge in [0.05, 0.1) is 6.54 Å². The maximum Gasteiger partial charge on any atom is 0.207 e. The Morgan fingerprint density at radius 1 is 1.38 bits per heavy atom. The molecule has 0 spiro atoms. The van der Waals surface area contributed by atoms with Gasteiger partial charge in [-0.15, -0.1) is 0 Å². The van der Waals surface area contributed by atoms with E-state index in [1.807, 2.05) is 0 Å². The van der Waals surface area contributed by atoms with Gasteiger partial charge in [0, 0.05) is 0 Å². The van der Waals surface area contributed by atoms with Gasteiger partial charge in [-0.2, -0.15) is 0 Å². The number of halogens is 1. The van der Waals surface area contributed by atoms with Crippen molar-refractivity contribution >= 4 is 6.41 Å². The summed E-state index contributed by atoms with van der Waals surface area (Å²) in [4.78, 5) is 9.84. The monoisotopic (exact) mass is 183 g/mol. The van der Waals surface area contributed by atoms with Crippen molar-refractivity contribution in [1.29, 1.82) is 0 Å². The summed E-state index contributed by atoms with van der Waals surface area (Å²) < 4.78 is 17.6. The minimum Gasteiger partial charge on any atom is -0.492 e. The lowest BCUT2D eigenvalue weighted by molar-refractivity contribution is -0.109. The number of hydrogen-bond donors (Lipinski definition) is 1. The summed E-state index contributed by atoms with van der Waals surface area (Å²) in [6.45, 7) is 0.825. The fourth-order valence-electron chi connectivity index (χ4n) is 0.818. The molecule has 0 unspecified atom stereocenters. The molecule has 0 fully saturated rings. The Morgan fingerprint density at radius 3 is 2.69 bits per heavy atom. The van der Waals surface area contributed by atoms with Crippen molar-refractivity contribution in [3.05, 3.63) is 30.1 Å². The van der Waals surface area contributed by atoms with E-state index in [0.29, 0.717) is 25.3 Å². The van der Waals surface area contributed by atoms with Crippen LogP contribution in [-0.2, 0) is 4.79 Å². The average Bonchev–Trinajstić information content (AvgIpc) is 2.15. The van der Waals surface area contributed by atoms with E-state index in [-0.39, 0.29) is 5.82 Å². The third-order valence-electron chi connectivity index (χ3n) is 1.41. The highest BCUT2D eigenvalue weighted by atomic mass is 19.1. The highest BCUT2D eigenvalue weighted by molar-refractivity contribution is 5.45. The van der Waals surface area contributed by atoms with E-state index in [2.05, 4.69) is 5.32 Å². The van der Waals surface area contributed by atoms with Gasteiger partial charge < -0.3 is 10.1 Å². The molecule has 0 radical (unpaired) electrons. The zero-order chi connectivity index (χ0) is 9.52. The molecule has 0 bridgehead atoms. The van der Waals surface area contributed by atoms with E-state index >= 15 is 0 Å². The van der Waals surface area contributed by atoms with Gasteiger partial charge in [-0.25, -0.2) is 4.39 Å². The van der Waals surface area contributed by atoms with Crippen LogP contribution in [0.5, 0.6) is 5.75 Å². The smallest absolute Gasteiger partial charge is 0.207 e. The second-order valence-electron chi connectivity index (χ2n) is 2.37. The first-order valence-electron chi connectivity index (χ1n) is 3.88. The Labute approximate surface area is 75.5 Å². The van der Waals surface area contributed by atoms with Crippen LogP contribution >= 0.6 is 0 Å². The number of nitrogens with one attached hydrogen (secondary N) is 1. The molecule has 70 valence electrons. The number of carbonyl (C=O) groups is 1. The molecule has 0 saturated heterocycles. The van der Waals surface area contributed by atoms with E-state index in [0.717, 1.165) is 0 Å². The molecule has 0 heterocycles. The van der Waals surface area contributed by atoms with E-state index in [9.17, 15) is 9.18 Å². The molecule has 0 aliphatic carbocycles. The third kappa shape index (κ3) is 3.55. The van der Waals surface area contributed by atoms with Crippen LogP contribution in [-0.4, -0.2) is 19.6 Å². The van der Waals surface area contributed by atoms with Crippen LogP contribution in [0.15, 0.2) is 24.3 Å². The topological polar surface area (TPSA) is 38.3 Å². The zero-order valence-electron chi connectivity index (χ0n) is 7.00. The van der Waals surface area contributed by atoms with Gasteiger partial charge in [0.25, 0.3) is 0 Å². The number of ether oxygens (including phenoxy) is 1. The van der Waals surface area contributed by atoms with Crippen molar-refractivity contribution in [2.24, 2.45) is 0 Å². The molecular weight excluding hydrogens is 173 g/mol. The molecule has 4 heteroatoms. The lowest BCUT2D eigenvalue weighted by Crippen LogP contribution is -2.18. The van der Waals surface area contributed by atoms with Crippen molar-refractivity contribution in [3.8, 4) is 5.75 Å². The van der Waals surface area contributed by atoms with Crippen LogP contribution in [0.25, 0.3) is 0 Å². The van der Waals surface area contributed by atoms with E-state index in [1.54, 1.807) is 0 Å². The summed E-state index contributed by atoms with van der Waals surface area (Å²) >= 11 is 0. The molecule has 0 aliphatic rings. The van der Waals surface area contributed by atoms with Crippen molar-refractivity contribution < 1.29 is 13.9 Å². The first-order chi connectivity index (χ1) is 6.33. The van der Waals surface area contributed by atoms with Crippen LogP contribution in [0.2, 0.25) is 0 Å². The van der Waals surface area contributed by atoms with E-state index in [1.165, 1.54) is 24.3 Å². The van der Waals surface area contributed by atoms with Gasteiger partial charge in [0.15, 0.2) is 0 Å². The Hall–Kier alpha value is -1.58. The molecule has 0 saturated carbocycles. The molecule has 13 heavy (non-hydrogen) atoms. The number of carbonyl (C=O) groups excluding carboxylic acids is 1. The normalized spacial score (nSPS) is 9.31. The molecule has 1 amide bonds. The Morgan fingerprint density at radius 2 is 2.08 bits per heavy atom. The average molecular weight is 183 g/mol. The fraction of sp³-hybridized carbons (Fsp3) is 0.222. The van der Waals surface area contributed by atoms with Crippen LogP contribution in [0.4, 0.5) is 4.39 Å². The van der Waals surface area contributed by atoms with Gasteiger partial charge in [0.1, 0.15) is 18.2 Å². The first kappa shape index (κ1) is 9.51. The van der Waals surface area contributed by atoms with Crippen LogP contribution in [0, 0.1) is 5.82 Å². The predicted molar refractivity (Wildman–Crippen MR) is 46.0 cm³/mol. The van der Waals surface area contributed by atoms with Crippen molar-refractivity contribution in [1.82, 2.24) is 5.32 Å². The third-order valence-corrected chi connectivity index (χ3v) is 1.41. The summed E-state index contributed by atoms with van der Waals surface area (Å²) in [6.07, 6.45) is 0.605. The Bertz CT molecular complexity index is 261. The first-order valence-corrected chi connectivity index (χ1v) is 3.88. The minimum atomic E-state index is -0.293. The number of rotatable bonds is 5. The predicted octanol–water partition coefficient (Wildman–Crippen LogP) is 0.950. The van der Waals surface area contributed by atoms with Crippen molar-refractivity contribution in [2.75, 3.05) is 13.2 Å². The fourth-order valence-corrected chi connectivity index (χ4v) is 0.818. The second-order valence-corrected chi connectivity index (χ2v) is 2.37. The minimum absolute atomic E-state index is 0.293. The standard InChI is InChI=1S/C9H10FNO2/c10-8-1-3-9(4-2-8)13-6-5-11-7-12/h1-4,7H,5-6H2,(H,11,12). The highest BCUT2D eigenvalue weighted by Crippen LogP contribution is 2.10. The Kier molecular flexibility index (Phi) is 3.75. The summed E-state index contributed by atoms with van der Waals surface area (Å²) in [5.41, 5.74) is 0. The summed E-state index contributed by atoms with van der Waals surface area (Å²) in [5, 5.41) is 2.45. The van der Waals surface area contributed by atoms with E-state index < -0.39 is 0 Å². The largest absolute Gasteiger partial charge is 0.492 e. The lowest BCUT2D eigenvalue weighted by atomic mass is 10.3. The molecule has 0 aliphatic heterocycles. The van der Waals surface area contributed by atoms with Gasteiger partial charge in [-0.1, -0.05) is 0 Å². The maximum atomic E-state index is 12.4. The molecule has 0 aromatic heterocycles. The molecular formula is C9H10FNO2. The lowest BCUT2D eigenvalue weighted by Gasteiger charge is -2.04. The maximum absolute atomic E-state index is 12.4. The molecule has 1 aromatic carbocycles. The molecule has 1 rings (SSSR count). The van der Waals surface area contributed by atoms with E-state index in [4.69, 9.17) is 4.74 Å². The van der Waals surface area contributed by atoms with Crippen LogP contribution in [0.3, 0.4) is 0 Å². The quantitative estimate of drug-likeness (QED) is 0.545. The molecule has 3 nitrogen and oxygen atoms in total. The molecule has 1 aromatic rings. The van der Waals surface area contributed by atoms with Gasteiger partial charge >= 0.3 is 0 Å². The zero-order valence-corrected chi connectivity index (χ0v) is 7.00. The summed E-state index contributed by atoms with van der Waals surface area (Å²) in [7, 11) is 0. The number of amides is 1. The molecule has 1 N–H and O–H groups in total. The van der Waals surface area contributed by atoms with Crippen LogP contribution < -0.4 is 10.1 Å². The number of hydrogen-bond acceptors (Lipinski definition) is 2. The number of benzene rings is 1. The highest BCUT2D eigenvalue weighted by Gasteiger charge is 1.93. The summed E-state index contributed by atoms with van der Waals surface area (Å²) in [5.74, 6) is 0.299. The van der Waals surface area contributed by atoms with Gasteiger partial charge in [0.2, 0.25) is 6.41 Å². The van der Waals surface area contributed by atoms with Gasteiger partial charge in [-0.3, -0.25) is 4.79 Å². The van der Waals surface area contributed by atoms with Crippen molar-refractivity contribution in [3.63, 3.8) is 0 Å². The van der Waals surface area contributed by atoms with Crippen LogP contribution in [0.1, 0.15) is 0 Å². The van der Waals surface area contributed by atoms with Gasteiger partial charge in [-0.05, 0) is 24.3 Å². The SMILES string of the molecule is O=CNCCOc1ccc(F)cc1. The Balaban J connectivity index is 2.28. The second kappa shape index (κ2) is 5.13. The molecule has 0 atom stereocenters. The van der Waals surface area contributed by atoms with Crippen molar-refractivity contribution in [2.45, 2.75) is 0 Å². The summed E-state index contributed by atoms with van der Waals surface area (Å²) in [6, 6.07) is 5.72.